The van der Waals surface area contributed by atoms with E-state index in [9.17, 15) is 4.79 Å². The SMILES string of the molecule is CC(C#N)C(=O)NC(C)C1CC2CCC1C2. The van der Waals surface area contributed by atoms with E-state index in [0.717, 1.165) is 11.8 Å². The van der Waals surface area contributed by atoms with E-state index >= 15 is 0 Å². The first kappa shape index (κ1) is 11.4. The smallest absolute Gasteiger partial charge is 0.237 e. The third-order valence-electron chi connectivity index (χ3n) is 4.39. The summed E-state index contributed by atoms with van der Waals surface area (Å²) in [6.07, 6.45) is 5.35. The second kappa shape index (κ2) is 4.45. The van der Waals surface area contributed by atoms with Crippen molar-refractivity contribution in [3.05, 3.63) is 0 Å². The molecule has 2 rings (SSSR count). The highest BCUT2D eigenvalue weighted by Crippen LogP contribution is 2.49. The molecule has 2 fully saturated rings. The summed E-state index contributed by atoms with van der Waals surface area (Å²) in [6, 6.07) is 2.22. The first-order valence-corrected chi connectivity index (χ1v) is 6.31. The number of nitrogens with zero attached hydrogens (tertiary/aromatic N) is 1. The molecule has 2 bridgehead atoms. The summed E-state index contributed by atoms with van der Waals surface area (Å²) in [7, 11) is 0. The zero-order chi connectivity index (χ0) is 11.7. The van der Waals surface area contributed by atoms with Crippen molar-refractivity contribution in [2.75, 3.05) is 0 Å². The number of fused-ring (bicyclic) bond motifs is 2. The Labute approximate surface area is 97.2 Å². The van der Waals surface area contributed by atoms with Gasteiger partial charge in [-0.1, -0.05) is 6.42 Å². The van der Waals surface area contributed by atoms with Crippen LogP contribution in [0.3, 0.4) is 0 Å². The third-order valence-corrected chi connectivity index (χ3v) is 4.39. The van der Waals surface area contributed by atoms with Gasteiger partial charge in [-0.05, 0) is 50.9 Å². The van der Waals surface area contributed by atoms with Crippen molar-refractivity contribution < 1.29 is 4.79 Å². The minimum atomic E-state index is -0.527. The lowest BCUT2D eigenvalue weighted by molar-refractivity contribution is -0.124. The second-order valence-corrected chi connectivity index (χ2v) is 5.49. The summed E-state index contributed by atoms with van der Waals surface area (Å²) >= 11 is 0. The monoisotopic (exact) mass is 220 g/mol. The van der Waals surface area contributed by atoms with Crippen LogP contribution in [0.4, 0.5) is 0 Å². The molecule has 0 aliphatic heterocycles. The van der Waals surface area contributed by atoms with Crippen LogP contribution in [-0.2, 0) is 4.79 Å². The van der Waals surface area contributed by atoms with Crippen LogP contribution in [0.5, 0.6) is 0 Å². The molecular formula is C13H20N2O. The lowest BCUT2D eigenvalue weighted by Crippen LogP contribution is -2.42. The van der Waals surface area contributed by atoms with E-state index in [2.05, 4.69) is 12.2 Å². The zero-order valence-electron chi connectivity index (χ0n) is 10.1. The van der Waals surface area contributed by atoms with E-state index in [4.69, 9.17) is 5.26 Å². The molecule has 0 saturated heterocycles. The molecule has 0 aromatic carbocycles. The van der Waals surface area contributed by atoms with Gasteiger partial charge < -0.3 is 5.32 Å². The number of carbonyl (C=O) groups is 1. The molecule has 88 valence electrons. The normalized spacial score (nSPS) is 35.4. The quantitative estimate of drug-likeness (QED) is 0.791. The van der Waals surface area contributed by atoms with E-state index in [0.29, 0.717) is 5.92 Å². The van der Waals surface area contributed by atoms with Crippen molar-refractivity contribution >= 4 is 5.91 Å². The molecule has 0 aromatic heterocycles. The highest BCUT2D eigenvalue weighted by atomic mass is 16.1. The first-order chi connectivity index (χ1) is 7.61. The largest absolute Gasteiger partial charge is 0.352 e. The molecule has 3 heteroatoms. The molecule has 0 spiro atoms. The maximum atomic E-state index is 11.6. The predicted octanol–water partition coefficient (Wildman–Crippen LogP) is 2.09. The van der Waals surface area contributed by atoms with Gasteiger partial charge in [0.05, 0.1) is 6.07 Å². The van der Waals surface area contributed by atoms with Crippen molar-refractivity contribution in [2.45, 2.75) is 45.6 Å². The van der Waals surface area contributed by atoms with Gasteiger partial charge in [-0.3, -0.25) is 4.79 Å². The third kappa shape index (κ3) is 2.07. The van der Waals surface area contributed by atoms with Gasteiger partial charge in [0.15, 0.2) is 0 Å². The number of hydrogen-bond acceptors (Lipinski definition) is 2. The minimum absolute atomic E-state index is 0.113. The number of nitriles is 1. The zero-order valence-corrected chi connectivity index (χ0v) is 10.1. The summed E-state index contributed by atoms with van der Waals surface area (Å²) in [4.78, 5) is 11.6. The highest BCUT2D eigenvalue weighted by Gasteiger charge is 2.42. The van der Waals surface area contributed by atoms with Crippen LogP contribution in [0, 0.1) is 35.0 Å². The number of carbonyl (C=O) groups excluding carboxylic acids is 1. The van der Waals surface area contributed by atoms with Crippen molar-refractivity contribution in [3.8, 4) is 6.07 Å². The molecule has 5 atom stereocenters. The van der Waals surface area contributed by atoms with Crippen molar-refractivity contribution in [1.82, 2.24) is 5.32 Å². The van der Waals surface area contributed by atoms with E-state index in [1.807, 2.05) is 6.07 Å². The molecule has 2 saturated carbocycles. The second-order valence-electron chi connectivity index (χ2n) is 5.49. The van der Waals surface area contributed by atoms with Crippen molar-refractivity contribution in [3.63, 3.8) is 0 Å². The Morgan fingerprint density at radius 3 is 2.62 bits per heavy atom. The molecule has 0 heterocycles. The van der Waals surface area contributed by atoms with Crippen LogP contribution in [-0.4, -0.2) is 11.9 Å². The van der Waals surface area contributed by atoms with Gasteiger partial charge in [0.2, 0.25) is 5.91 Å². The molecule has 0 aromatic rings. The molecule has 2 aliphatic rings. The fourth-order valence-electron chi connectivity index (χ4n) is 3.42. The van der Waals surface area contributed by atoms with E-state index < -0.39 is 5.92 Å². The number of hydrogen-bond donors (Lipinski definition) is 1. The Morgan fingerprint density at radius 1 is 1.38 bits per heavy atom. The van der Waals surface area contributed by atoms with E-state index in [1.165, 1.54) is 25.7 Å². The first-order valence-electron chi connectivity index (χ1n) is 6.31. The standard InChI is InChI=1S/C13H20N2O/c1-8(7-14)13(16)15-9(2)12-6-10-3-4-11(12)5-10/h8-12H,3-6H2,1-2H3,(H,15,16). The van der Waals surface area contributed by atoms with Crippen LogP contribution in [0.1, 0.15) is 39.5 Å². The van der Waals surface area contributed by atoms with Gasteiger partial charge in [-0.15, -0.1) is 0 Å². The van der Waals surface area contributed by atoms with E-state index in [1.54, 1.807) is 6.92 Å². The van der Waals surface area contributed by atoms with Gasteiger partial charge in [0, 0.05) is 6.04 Å². The summed E-state index contributed by atoms with van der Waals surface area (Å²) in [5, 5.41) is 11.7. The van der Waals surface area contributed by atoms with Crippen molar-refractivity contribution in [1.29, 1.82) is 5.26 Å². The van der Waals surface area contributed by atoms with Crippen LogP contribution < -0.4 is 5.32 Å². The van der Waals surface area contributed by atoms with Gasteiger partial charge in [-0.25, -0.2) is 0 Å². The van der Waals surface area contributed by atoms with Crippen LogP contribution in [0.25, 0.3) is 0 Å². The lowest BCUT2D eigenvalue weighted by Gasteiger charge is -2.28. The number of nitrogens with one attached hydrogen (secondary N) is 1. The van der Waals surface area contributed by atoms with Crippen LogP contribution in [0.15, 0.2) is 0 Å². The molecular weight excluding hydrogens is 200 g/mol. The number of rotatable bonds is 3. The van der Waals surface area contributed by atoms with Gasteiger partial charge >= 0.3 is 0 Å². The van der Waals surface area contributed by atoms with Crippen molar-refractivity contribution in [2.24, 2.45) is 23.7 Å². The summed E-state index contributed by atoms with van der Waals surface area (Å²) in [5.41, 5.74) is 0. The maximum absolute atomic E-state index is 11.6. The average molecular weight is 220 g/mol. The fourth-order valence-corrected chi connectivity index (χ4v) is 3.42. The Balaban J connectivity index is 1.87. The fraction of sp³-hybridized carbons (Fsp3) is 0.846. The highest BCUT2D eigenvalue weighted by molar-refractivity contribution is 5.80. The van der Waals surface area contributed by atoms with E-state index in [-0.39, 0.29) is 11.9 Å². The van der Waals surface area contributed by atoms with Crippen LogP contribution in [0.2, 0.25) is 0 Å². The molecule has 5 unspecified atom stereocenters. The Bertz CT molecular complexity index is 320. The molecule has 3 nitrogen and oxygen atoms in total. The molecule has 1 N–H and O–H groups in total. The summed E-state index contributed by atoms with van der Waals surface area (Å²) < 4.78 is 0. The molecule has 0 radical (unpaired) electrons. The topological polar surface area (TPSA) is 52.9 Å². The Morgan fingerprint density at radius 2 is 2.12 bits per heavy atom. The lowest BCUT2D eigenvalue weighted by atomic mass is 9.84. The predicted molar refractivity (Wildman–Crippen MR) is 61.3 cm³/mol. The average Bonchev–Trinajstić information content (AvgIpc) is 2.89. The van der Waals surface area contributed by atoms with Gasteiger partial charge in [-0.2, -0.15) is 5.26 Å². The van der Waals surface area contributed by atoms with Gasteiger partial charge in [0.25, 0.3) is 0 Å². The minimum Gasteiger partial charge on any atom is -0.352 e. The van der Waals surface area contributed by atoms with Crippen LogP contribution >= 0.6 is 0 Å². The maximum Gasteiger partial charge on any atom is 0.237 e. The molecule has 2 aliphatic carbocycles. The number of amides is 1. The summed E-state index contributed by atoms with van der Waals surface area (Å²) in [6.45, 7) is 3.75. The Kier molecular flexibility index (Phi) is 3.18. The molecule has 1 amide bonds. The Hall–Kier alpha value is -1.04. The molecule has 16 heavy (non-hydrogen) atoms. The van der Waals surface area contributed by atoms with Gasteiger partial charge in [0.1, 0.15) is 5.92 Å². The summed E-state index contributed by atoms with van der Waals surface area (Å²) in [5.74, 6) is 1.73.